The molecule has 1 nitrogen and oxygen atoms in total. The second-order valence-corrected chi connectivity index (χ2v) is 6.27. The highest BCUT2D eigenvalue weighted by molar-refractivity contribution is 5.59. The number of fused-ring (bicyclic) bond motifs is 1. The Bertz CT molecular complexity index is 387. The minimum absolute atomic E-state index is 0.257. The summed E-state index contributed by atoms with van der Waals surface area (Å²) < 4.78 is 0. The minimum Gasteiger partial charge on any atom is -0.384 e. The quantitative estimate of drug-likeness (QED) is 0.796. The van der Waals surface area contributed by atoms with Gasteiger partial charge in [0, 0.05) is 18.2 Å². The summed E-state index contributed by atoms with van der Waals surface area (Å²) in [7, 11) is 0. The third kappa shape index (κ3) is 2.65. The topological polar surface area (TPSA) is 12.0 Å². The van der Waals surface area contributed by atoms with Gasteiger partial charge in [-0.2, -0.15) is 0 Å². The molecule has 1 aromatic rings. The maximum atomic E-state index is 3.54. The van der Waals surface area contributed by atoms with Gasteiger partial charge in [0.2, 0.25) is 0 Å². The summed E-state index contributed by atoms with van der Waals surface area (Å²) in [6.45, 7) is 10.3. The van der Waals surface area contributed by atoms with Gasteiger partial charge in [0.1, 0.15) is 0 Å². The van der Waals surface area contributed by atoms with Crippen LogP contribution < -0.4 is 5.32 Å². The number of unbranched alkanes of at least 4 members (excludes halogenated alkanes) is 1. The maximum Gasteiger partial charge on any atom is 0.0376 e. The minimum atomic E-state index is 0.257. The Morgan fingerprint density at radius 1 is 1.29 bits per heavy atom. The first kappa shape index (κ1) is 12.5. The van der Waals surface area contributed by atoms with Gasteiger partial charge in [0.15, 0.2) is 0 Å². The number of benzene rings is 1. The molecule has 1 aromatic carbocycles. The molecule has 0 fully saturated rings. The lowest BCUT2D eigenvalue weighted by Crippen LogP contribution is -2.11. The highest BCUT2D eigenvalue weighted by Gasteiger charge is 2.24. The van der Waals surface area contributed by atoms with Crippen molar-refractivity contribution in [2.45, 2.75) is 58.3 Å². The van der Waals surface area contributed by atoms with Gasteiger partial charge < -0.3 is 5.32 Å². The van der Waals surface area contributed by atoms with E-state index in [1.165, 1.54) is 30.5 Å². The first-order valence-electron chi connectivity index (χ1n) is 6.90. The monoisotopic (exact) mass is 231 g/mol. The van der Waals surface area contributed by atoms with Crippen LogP contribution >= 0.6 is 0 Å². The normalized spacial score (nSPS) is 18.9. The largest absolute Gasteiger partial charge is 0.384 e. The SMILES string of the molecule is CCCCC1CNc2ccc(C(C)(C)C)cc21. The fourth-order valence-corrected chi connectivity index (χ4v) is 2.58. The molecule has 0 saturated carbocycles. The van der Waals surface area contributed by atoms with Crippen molar-refractivity contribution < 1.29 is 0 Å². The van der Waals surface area contributed by atoms with Crippen molar-refractivity contribution in [2.75, 3.05) is 11.9 Å². The molecule has 0 aliphatic carbocycles. The maximum absolute atomic E-state index is 3.54. The molecule has 0 saturated heterocycles. The van der Waals surface area contributed by atoms with Crippen molar-refractivity contribution in [2.24, 2.45) is 0 Å². The van der Waals surface area contributed by atoms with Gasteiger partial charge in [-0.3, -0.25) is 0 Å². The van der Waals surface area contributed by atoms with Crippen molar-refractivity contribution in [1.29, 1.82) is 0 Å². The van der Waals surface area contributed by atoms with E-state index in [0.29, 0.717) is 0 Å². The third-order valence-corrected chi connectivity index (χ3v) is 3.80. The lowest BCUT2D eigenvalue weighted by molar-refractivity contribution is 0.585. The number of anilines is 1. The highest BCUT2D eigenvalue weighted by Crippen LogP contribution is 2.37. The van der Waals surface area contributed by atoms with Crippen LogP contribution in [-0.4, -0.2) is 6.54 Å². The molecule has 17 heavy (non-hydrogen) atoms. The first-order valence-corrected chi connectivity index (χ1v) is 6.90. The van der Waals surface area contributed by atoms with Gasteiger partial charge in [-0.15, -0.1) is 0 Å². The molecular weight excluding hydrogens is 206 g/mol. The van der Waals surface area contributed by atoms with Crippen LogP contribution in [0.2, 0.25) is 0 Å². The molecule has 1 aliphatic heterocycles. The van der Waals surface area contributed by atoms with Crippen LogP contribution in [0.25, 0.3) is 0 Å². The zero-order chi connectivity index (χ0) is 12.5. The van der Waals surface area contributed by atoms with Crippen molar-refractivity contribution in [3.8, 4) is 0 Å². The Morgan fingerprint density at radius 2 is 2.06 bits per heavy atom. The Labute approximate surface area is 106 Å². The van der Waals surface area contributed by atoms with E-state index in [-0.39, 0.29) is 5.41 Å². The summed E-state index contributed by atoms with van der Waals surface area (Å²) in [5.41, 5.74) is 4.62. The molecule has 2 rings (SSSR count). The van der Waals surface area contributed by atoms with E-state index in [2.05, 4.69) is 51.2 Å². The molecule has 0 aromatic heterocycles. The van der Waals surface area contributed by atoms with Crippen molar-refractivity contribution in [3.05, 3.63) is 29.3 Å². The van der Waals surface area contributed by atoms with Crippen LogP contribution in [0.1, 0.15) is 64.0 Å². The summed E-state index contributed by atoms with van der Waals surface area (Å²) in [6.07, 6.45) is 3.96. The Kier molecular flexibility index (Phi) is 3.46. The van der Waals surface area contributed by atoms with E-state index in [1.807, 2.05) is 0 Å². The lowest BCUT2D eigenvalue weighted by atomic mass is 9.84. The molecule has 1 unspecified atom stereocenters. The van der Waals surface area contributed by atoms with E-state index in [1.54, 1.807) is 5.56 Å². The summed E-state index contributed by atoms with van der Waals surface area (Å²) in [5.74, 6) is 0.729. The van der Waals surface area contributed by atoms with Gasteiger partial charge in [0.05, 0.1) is 0 Å². The standard InChI is InChI=1S/C16H25N/c1-5-6-7-12-11-17-15-9-8-13(10-14(12)15)16(2,3)4/h8-10,12,17H,5-7,11H2,1-4H3. The lowest BCUT2D eigenvalue weighted by Gasteiger charge is -2.21. The van der Waals surface area contributed by atoms with E-state index in [4.69, 9.17) is 0 Å². The summed E-state index contributed by atoms with van der Waals surface area (Å²) >= 11 is 0. The molecule has 0 radical (unpaired) electrons. The zero-order valence-corrected chi connectivity index (χ0v) is 11.6. The molecule has 0 amide bonds. The van der Waals surface area contributed by atoms with E-state index >= 15 is 0 Å². The Morgan fingerprint density at radius 3 is 2.71 bits per heavy atom. The second kappa shape index (κ2) is 4.72. The van der Waals surface area contributed by atoms with Gasteiger partial charge in [-0.25, -0.2) is 0 Å². The average molecular weight is 231 g/mol. The Balaban J connectivity index is 2.24. The van der Waals surface area contributed by atoms with Crippen molar-refractivity contribution in [3.63, 3.8) is 0 Å². The molecule has 1 atom stereocenters. The summed E-state index contributed by atoms with van der Waals surface area (Å²) in [4.78, 5) is 0. The van der Waals surface area contributed by atoms with Gasteiger partial charge in [-0.05, 0) is 29.0 Å². The predicted octanol–water partition coefficient (Wildman–Crippen LogP) is 4.68. The number of hydrogen-bond donors (Lipinski definition) is 1. The summed E-state index contributed by atoms with van der Waals surface area (Å²) in [6, 6.07) is 6.96. The Hall–Kier alpha value is -0.980. The van der Waals surface area contributed by atoms with Crippen LogP contribution in [0.5, 0.6) is 0 Å². The number of nitrogens with one attached hydrogen (secondary N) is 1. The van der Waals surface area contributed by atoms with Crippen LogP contribution in [0.3, 0.4) is 0 Å². The summed E-state index contributed by atoms with van der Waals surface area (Å²) in [5, 5.41) is 3.54. The van der Waals surface area contributed by atoms with Gasteiger partial charge >= 0.3 is 0 Å². The molecule has 1 N–H and O–H groups in total. The number of rotatable bonds is 3. The second-order valence-electron chi connectivity index (χ2n) is 6.27. The van der Waals surface area contributed by atoms with Crippen LogP contribution in [0, 0.1) is 0 Å². The van der Waals surface area contributed by atoms with E-state index in [0.717, 1.165) is 12.5 Å². The molecule has 94 valence electrons. The molecule has 0 bridgehead atoms. The molecule has 1 heterocycles. The smallest absolute Gasteiger partial charge is 0.0376 e. The molecule has 1 heteroatoms. The van der Waals surface area contributed by atoms with E-state index < -0.39 is 0 Å². The number of hydrogen-bond acceptors (Lipinski definition) is 1. The van der Waals surface area contributed by atoms with Gasteiger partial charge in [-0.1, -0.05) is 52.7 Å². The fraction of sp³-hybridized carbons (Fsp3) is 0.625. The van der Waals surface area contributed by atoms with Crippen LogP contribution in [-0.2, 0) is 5.41 Å². The van der Waals surface area contributed by atoms with Gasteiger partial charge in [0.25, 0.3) is 0 Å². The first-order chi connectivity index (χ1) is 8.02. The fourth-order valence-electron chi connectivity index (χ4n) is 2.58. The highest BCUT2D eigenvalue weighted by atomic mass is 14.9. The van der Waals surface area contributed by atoms with Crippen LogP contribution in [0.15, 0.2) is 18.2 Å². The predicted molar refractivity (Wildman–Crippen MR) is 75.9 cm³/mol. The molecule has 0 spiro atoms. The van der Waals surface area contributed by atoms with E-state index in [9.17, 15) is 0 Å². The average Bonchev–Trinajstić information content (AvgIpc) is 2.67. The van der Waals surface area contributed by atoms with Crippen molar-refractivity contribution >= 4 is 5.69 Å². The van der Waals surface area contributed by atoms with Crippen molar-refractivity contribution in [1.82, 2.24) is 0 Å². The zero-order valence-electron chi connectivity index (χ0n) is 11.6. The van der Waals surface area contributed by atoms with Crippen LogP contribution in [0.4, 0.5) is 5.69 Å². The third-order valence-electron chi connectivity index (χ3n) is 3.80. The molecule has 1 aliphatic rings. The molecular formula is C16H25N.